The summed E-state index contributed by atoms with van der Waals surface area (Å²) in [5.74, 6) is 1.61. The van der Waals surface area contributed by atoms with Gasteiger partial charge in [0.05, 0.1) is 6.04 Å². The zero-order chi connectivity index (χ0) is 13.2. The van der Waals surface area contributed by atoms with Gasteiger partial charge in [0.1, 0.15) is 5.76 Å². The molecule has 0 bridgehead atoms. The largest absolute Gasteiger partial charge is 0.448 e. The molecule has 0 saturated heterocycles. The lowest BCUT2D eigenvalue weighted by Crippen LogP contribution is -2.18. The Morgan fingerprint density at radius 1 is 1.26 bits per heavy atom. The normalized spacial score (nSPS) is 17.2. The average Bonchev–Trinajstić information content (AvgIpc) is 2.75. The van der Waals surface area contributed by atoms with E-state index in [-0.39, 0.29) is 6.04 Å². The van der Waals surface area contributed by atoms with Gasteiger partial charge in [-0.15, -0.1) is 0 Å². The molecule has 100 valence electrons. The number of nitrogens with one attached hydrogen (secondary N) is 1. The highest BCUT2D eigenvalue weighted by Crippen LogP contribution is 2.37. The van der Waals surface area contributed by atoms with Crippen LogP contribution in [0.15, 0.2) is 40.8 Å². The Hall–Kier alpha value is -1.25. The predicted octanol–water partition coefficient (Wildman–Crippen LogP) is 4.51. The first-order valence-corrected chi connectivity index (χ1v) is 7.18. The van der Waals surface area contributed by atoms with Crippen molar-refractivity contribution in [3.05, 3.63) is 58.5 Å². The molecule has 3 rings (SSSR count). The second-order valence-electron chi connectivity index (χ2n) is 5.16. The van der Waals surface area contributed by atoms with Crippen LogP contribution in [0.5, 0.6) is 0 Å². The summed E-state index contributed by atoms with van der Waals surface area (Å²) in [6.45, 7) is 0. The van der Waals surface area contributed by atoms with E-state index in [0.29, 0.717) is 5.22 Å². The molecule has 1 heterocycles. The summed E-state index contributed by atoms with van der Waals surface area (Å²) in [7, 11) is 1.94. The Labute approximate surface area is 118 Å². The third kappa shape index (κ3) is 2.56. The van der Waals surface area contributed by atoms with Crippen molar-refractivity contribution in [3.63, 3.8) is 0 Å². The van der Waals surface area contributed by atoms with Gasteiger partial charge in [-0.2, -0.15) is 0 Å². The molecule has 3 heteroatoms. The van der Waals surface area contributed by atoms with Crippen molar-refractivity contribution < 1.29 is 4.42 Å². The maximum Gasteiger partial charge on any atom is 0.193 e. The first kappa shape index (κ1) is 12.8. The van der Waals surface area contributed by atoms with Crippen LogP contribution < -0.4 is 5.32 Å². The van der Waals surface area contributed by atoms with Gasteiger partial charge in [-0.05, 0) is 60.7 Å². The molecule has 1 aliphatic carbocycles. The molecule has 1 aromatic heterocycles. The third-order valence-corrected chi connectivity index (χ3v) is 4.19. The molecule has 1 N–H and O–H groups in total. The maximum atomic E-state index is 5.87. The molecule has 1 aromatic carbocycles. The molecule has 0 amide bonds. The Kier molecular flexibility index (Phi) is 3.63. The van der Waals surface area contributed by atoms with Gasteiger partial charge in [-0.1, -0.05) is 30.7 Å². The molecular formula is C16H18ClNO. The van der Waals surface area contributed by atoms with Crippen LogP contribution in [0.25, 0.3) is 0 Å². The highest BCUT2D eigenvalue weighted by Gasteiger charge is 2.21. The lowest BCUT2D eigenvalue weighted by Gasteiger charge is -2.26. The van der Waals surface area contributed by atoms with Crippen molar-refractivity contribution in [2.45, 2.75) is 31.2 Å². The van der Waals surface area contributed by atoms with Crippen molar-refractivity contribution in [2.24, 2.45) is 0 Å². The van der Waals surface area contributed by atoms with Crippen LogP contribution in [-0.2, 0) is 0 Å². The van der Waals surface area contributed by atoms with E-state index in [4.69, 9.17) is 16.0 Å². The minimum absolute atomic E-state index is 0.0625. The summed E-state index contributed by atoms with van der Waals surface area (Å²) in [6, 6.07) is 12.6. The molecule has 1 fully saturated rings. The van der Waals surface area contributed by atoms with Gasteiger partial charge in [0.25, 0.3) is 0 Å². The number of furan rings is 1. The minimum atomic E-state index is 0.0625. The van der Waals surface area contributed by atoms with Gasteiger partial charge < -0.3 is 9.73 Å². The second-order valence-corrected chi connectivity index (χ2v) is 5.53. The van der Waals surface area contributed by atoms with E-state index in [1.165, 1.54) is 30.4 Å². The molecule has 19 heavy (non-hydrogen) atoms. The quantitative estimate of drug-likeness (QED) is 0.888. The molecule has 1 unspecified atom stereocenters. The zero-order valence-electron chi connectivity index (χ0n) is 11.0. The van der Waals surface area contributed by atoms with E-state index in [2.05, 4.69) is 29.6 Å². The standard InChI is InChI=1S/C16H18ClNO/c1-18-16(14-8-9-15(17)19-14)13-7-3-6-12(10-13)11-4-2-5-11/h3,6-11,16,18H,2,4-5H2,1H3. The Balaban J connectivity index is 1.90. The van der Waals surface area contributed by atoms with E-state index in [1.54, 1.807) is 6.07 Å². The van der Waals surface area contributed by atoms with E-state index >= 15 is 0 Å². The highest BCUT2D eigenvalue weighted by atomic mass is 35.5. The fourth-order valence-corrected chi connectivity index (χ4v) is 2.84. The van der Waals surface area contributed by atoms with Crippen molar-refractivity contribution in [2.75, 3.05) is 7.05 Å². The van der Waals surface area contributed by atoms with Crippen molar-refractivity contribution in [3.8, 4) is 0 Å². The minimum Gasteiger partial charge on any atom is -0.448 e. The van der Waals surface area contributed by atoms with Gasteiger partial charge >= 0.3 is 0 Å². The molecule has 2 nitrogen and oxygen atoms in total. The van der Waals surface area contributed by atoms with Crippen LogP contribution in [-0.4, -0.2) is 7.05 Å². The molecule has 0 radical (unpaired) electrons. The lowest BCUT2D eigenvalue weighted by molar-refractivity contribution is 0.418. The van der Waals surface area contributed by atoms with E-state index in [1.807, 2.05) is 13.1 Å². The van der Waals surface area contributed by atoms with E-state index in [9.17, 15) is 0 Å². The number of hydrogen-bond acceptors (Lipinski definition) is 2. The summed E-state index contributed by atoms with van der Waals surface area (Å²) in [5.41, 5.74) is 2.68. The summed E-state index contributed by atoms with van der Waals surface area (Å²) in [6.07, 6.45) is 4.00. The van der Waals surface area contributed by atoms with Crippen molar-refractivity contribution in [1.82, 2.24) is 5.32 Å². The van der Waals surface area contributed by atoms with Gasteiger partial charge in [0, 0.05) is 0 Å². The van der Waals surface area contributed by atoms with Crippen LogP contribution >= 0.6 is 11.6 Å². The molecule has 0 aliphatic heterocycles. The smallest absolute Gasteiger partial charge is 0.193 e. The SMILES string of the molecule is CNC(c1cccc(C2CCC2)c1)c1ccc(Cl)o1. The van der Waals surface area contributed by atoms with Crippen LogP contribution in [0.2, 0.25) is 5.22 Å². The highest BCUT2D eigenvalue weighted by molar-refractivity contribution is 6.28. The van der Waals surface area contributed by atoms with Gasteiger partial charge in [-0.25, -0.2) is 0 Å². The maximum absolute atomic E-state index is 5.87. The van der Waals surface area contributed by atoms with E-state index in [0.717, 1.165) is 11.7 Å². The zero-order valence-corrected chi connectivity index (χ0v) is 11.8. The fraction of sp³-hybridized carbons (Fsp3) is 0.375. The van der Waals surface area contributed by atoms with Crippen molar-refractivity contribution in [1.29, 1.82) is 0 Å². The Morgan fingerprint density at radius 3 is 2.68 bits per heavy atom. The predicted molar refractivity (Wildman–Crippen MR) is 77.7 cm³/mol. The topological polar surface area (TPSA) is 25.2 Å². The molecule has 0 spiro atoms. The molecule has 2 aromatic rings. The molecule has 1 saturated carbocycles. The number of rotatable bonds is 4. The van der Waals surface area contributed by atoms with Crippen LogP contribution in [0, 0.1) is 0 Å². The Bertz CT molecular complexity index is 559. The van der Waals surface area contributed by atoms with Crippen LogP contribution in [0.4, 0.5) is 0 Å². The summed E-state index contributed by atoms with van der Waals surface area (Å²) in [4.78, 5) is 0. The number of benzene rings is 1. The number of halogens is 1. The molecular weight excluding hydrogens is 258 g/mol. The lowest BCUT2D eigenvalue weighted by atomic mass is 9.79. The monoisotopic (exact) mass is 275 g/mol. The summed E-state index contributed by atoms with van der Waals surface area (Å²) < 4.78 is 5.53. The van der Waals surface area contributed by atoms with Crippen LogP contribution in [0.1, 0.15) is 48.1 Å². The molecule has 1 aliphatic rings. The number of hydrogen-bond donors (Lipinski definition) is 1. The van der Waals surface area contributed by atoms with Gasteiger partial charge in [-0.3, -0.25) is 0 Å². The van der Waals surface area contributed by atoms with Gasteiger partial charge in [0.15, 0.2) is 5.22 Å². The van der Waals surface area contributed by atoms with Crippen molar-refractivity contribution >= 4 is 11.6 Å². The van der Waals surface area contributed by atoms with Gasteiger partial charge in [0.2, 0.25) is 0 Å². The summed E-state index contributed by atoms with van der Waals surface area (Å²) >= 11 is 5.87. The Morgan fingerprint density at radius 2 is 2.11 bits per heavy atom. The fourth-order valence-electron chi connectivity index (χ4n) is 2.69. The third-order valence-electron chi connectivity index (χ3n) is 3.99. The average molecular weight is 276 g/mol. The first-order valence-electron chi connectivity index (χ1n) is 6.80. The summed E-state index contributed by atoms with van der Waals surface area (Å²) in [5, 5.41) is 3.73. The second kappa shape index (κ2) is 5.40. The van der Waals surface area contributed by atoms with Crippen LogP contribution in [0.3, 0.4) is 0 Å². The molecule has 1 atom stereocenters. The first-order chi connectivity index (χ1) is 9.28. The van der Waals surface area contributed by atoms with E-state index < -0.39 is 0 Å².